The Morgan fingerprint density at radius 1 is 1.07 bits per heavy atom. The molecule has 0 aliphatic rings. The molecule has 2 aromatic heterocycles. The lowest BCUT2D eigenvalue weighted by atomic mass is 10.0. The van der Waals surface area contributed by atoms with Crippen molar-refractivity contribution in [2.24, 2.45) is 0 Å². The van der Waals surface area contributed by atoms with Crippen LogP contribution in [-0.4, -0.2) is 15.9 Å². The Kier molecular flexibility index (Phi) is 5.04. The first-order chi connectivity index (χ1) is 13.6. The summed E-state index contributed by atoms with van der Waals surface area (Å²) >= 11 is 1.48. The van der Waals surface area contributed by atoms with Crippen LogP contribution in [0, 0.1) is 6.92 Å². The van der Waals surface area contributed by atoms with Gasteiger partial charge in [-0.25, -0.2) is 4.98 Å². The molecule has 0 spiro atoms. The summed E-state index contributed by atoms with van der Waals surface area (Å²) in [6.45, 7) is 2.43. The fraction of sp³-hybridized carbons (Fsp3) is 0.136. The molecule has 0 saturated heterocycles. The fourth-order valence-corrected chi connectivity index (χ4v) is 4.28. The van der Waals surface area contributed by atoms with Crippen molar-refractivity contribution in [3.63, 3.8) is 0 Å². The number of nitrogens with zero attached hydrogens (tertiary/aromatic N) is 1. The van der Waals surface area contributed by atoms with E-state index in [0.29, 0.717) is 22.6 Å². The molecule has 2 heterocycles. The summed E-state index contributed by atoms with van der Waals surface area (Å²) in [5.74, 6) is 0.201. The lowest BCUT2D eigenvalue weighted by Crippen LogP contribution is -2.26. The molecule has 2 aromatic carbocycles. The first kappa shape index (κ1) is 18.1. The van der Waals surface area contributed by atoms with Crippen LogP contribution in [0.4, 0.5) is 0 Å². The highest BCUT2D eigenvalue weighted by Crippen LogP contribution is 2.35. The highest BCUT2D eigenvalue weighted by molar-refractivity contribution is 7.19. The van der Waals surface area contributed by atoms with E-state index < -0.39 is 0 Å². The predicted molar refractivity (Wildman–Crippen MR) is 112 cm³/mol. The van der Waals surface area contributed by atoms with Gasteiger partial charge in [0.2, 0.25) is 5.91 Å². The highest BCUT2D eigenvalue weighted by Gasteiger charge is 2.17. The van der Waals surface area contributed by atoms with Crippen molar-refractivity contribution in [1.82, 2.24) is 15.3 Å². The van der Waals surface area contributed by atoms with Gasteiger partial charge in [0.05, 0.1) is 11.8 Å². The number of aromatic nitrogens is 2. The molecule has 0 radical (unpaired) electrons. The summed E-state index contributed by atoms with van der Waals surface area (Å²) in [6.07, 6.45) is 0.0373. The maximum atomic E-state index is 12.7. The Balaban J connectivity index is 1.58. The number of aromatic amines is 1. The minimum absolute atomic E-state index is 0.0373. The fourth-order valence-electron chi connectivity index (χ4n) is 3.21. The van der Waals surface area contributed by atoms with E-state index >= 15 is 0 Å². The number of benzene rings is 2. The molecule has 1 amide bonds. The lowest BCUT2D eigenvalue weighted by Gasteiger charge is -2.05. The number of carbonyl (C=O) groups excluding carboxylic acids is 1. The molecule has 0 fully saturated rings. The van der Waals surface area contributed by atoms with Crippen LogP contribution in [0.3, 0.4) is 0 Å². The number of hydrogen-bond donors (Lipinski definition) is 2. The van der Waals surface area contributed by atoms with Gasteiger partial charge in [0, 0.05) is 17.0 Å². The van der Waals surface area contributed by atoms with E-state index in [1.54, 1.807) is 0 Å². The minimum atomic E-state index is -0.209. The number of H-pyrrole nitrogens is 1. The Morgan fingerprint density at radius 3 is 2.46 bits per heavy atom. The summed E-state index contributed by atoms with van der Waals surface area (Å²) in [4.78, 5) is 34.0. The molecule has 0 atom stereocenters. The van der Waals surface area contributed by atoms with Gasteiger partial charge < -0.3 is 10.3 Å². The third-order valence-electron chi connectivity index (χ3n) is 4.51. The predicted octanol–water partition coefficient (Wildman–Crippen LogP) is 3.82. The second kappa shape index (κ2) is 7.78. The normalized spacial score (nSPS) is 10.9. The average molecular weight is 389 g/mol. The molecular formula is C22H19N3O2S. The topological polar surface area (TPSA) is 74.8 Å². The minimum Gasteiger partial charge on any atom is -0.352 e. The van der Waals surface area contributed by atoms with Crippen LogP contribution >= 0.6 is 11.3 Å². The van der Waals surface area contributed by atoms with E-state index in [1.807, 2.05) is 67.6 Å². The molecule has 0 saturated carbocycles. The van der Waals surface area contributed by atoms with Crippen molar-refractivity contribution in [1.29, 1.82) is 0 Å². The van der Waals surface area contributed by atoms with Crippen LogP contribution in [0.5, 0.6) is 0 Å². The van der Waals surface area contributed by atoms with E-state index in [-0.39, 0.29) is 17.9 Å². The molecule has 0 bridgehead atoms. The zero-order chi connectivity index (χ0) is 19.5. The van der Waals surface area contributed by atoms with Gasteiger partial charge in [-0.2, -0.15) is 0 Å². The van der Waals surface area contributed by atoms with Gasteiger partial charge in [-0.3, -0.25) is 9.59 Å². The summed E-state index contributed by atoms with van der Waals surface area (Å²) in [5.41, 5.74) is 2.72. The molecule has 0 aliphatic carbocycles. The van der Waals surface area contributed by atoms with Crippen LogP contribution in [-0.2, 0) is 17.8 Å². The number of nitrogens with one attached hydrogen (secondary N) is 2. The first-order valence-electron chi connectivity index (χ1n) is 9.00. The maximum absolute atomic E-state index is 12.7. The van der Waals surface area contributed by atoms with E-state index in [9.17, 15) is 9.59 Å². The second-order valence-electron chi connectivity index (χ2n) is 6.53. The van der Waals surface area contributed by atoms with Gasteiger partial charge in [0.1, 0.15) is 10.7 Å². The molecule has 0 unspecified atom stereocenters. The standard InChI is InChI=1S/C22H19N3O2S/c1-14-19(16-10-6-3-7-11-16)20-21(27)24-17(25-22(20)28-14)12-18(26)23-13-15-8-4-2-5-9-15/h2-11H,12-13H2,1H3,(H,23,26)(H,24,25,27). The van der Waals surface area contributed by atoms with Gasteiger partial charge in [-0.1, -0.05) is 60.7 Å². The smallest absolute Gasteiger partial charge is 0.260 e. The van der Waals surface area contributed by atoms with Crippen LogP contribution in [0.1, 0.15) is 16.3 Å². The van der Waals surface area contributed by atoms with Crippen LogP contribution in [0.25, 0.3) is 21.3 Å². The van der Waals surface area contributed by atoms with E-state index in [0.717, 1.165) is 21.6 Å². The molecule has 140 valence electrons. The molecule has 2 N–H and O–H groups in total. The van der Waals surface area contributed by atoms with E-state index in [4.69, 9.17) is 0 Å². The van der Waals surface area contributed by atoms with Crippen molar-refractivity contribution in [2.75, 3.05) is 0 Å². The van der Waals surface area contributed by atoms with E-state index in [1.165, 1.54) is 11.3 Å². The maximum Gasteiger partial charge on any atom is 0.260 e. The van der Waals surface area contributed by atoms with Gasteiger partial charge >= 0.3 is 0 Å². The number of rotatable bonds is 5. The SMILES string of the molecule is Cc1sc2nc(CC(=O)NCc3ccccc3)[nH]c(=O)c2c1-c1ccccc1. The number of thiophene rings is 1. The van der Waals surface area contributed by atoms with Gasteiger partial charge in [0.15, 0.2) is 0 Å². The van der Waals surface area contributed by atoms with Crippen molar-refractivity contribution >= 4 is 27.5 Å². The summed E-state index contributed by atoms with van der Waals surface area (Å²) in [7, 11) is 0. The molecule has 4 aromatic rings. The Hall–Kier alpha value is -3.25. The average Bonchev–Trinajstić information content (AvgIpc) is 3.04. The largest absolute Gasteiger partial charge is 0.352 e. The van der Waals surface area contributed by atoms with Crippen molar-refractivity contribution in [3.05, 3.63) is 87.3 Å². The summed E-state index contributed by atoms with van der Waals surface area (Å²) in [6, 6.07) is 19.5. The summed E-state index contributed by atoms with van der Waals surface area (Å²) in [5, 5.41) is 3.45. The van der Waals surface area contributed by atoms with Crippen molar-refractivity contribution in [3.8, 4) is 11.1 Å². The number of fused-ring (bicyclic) bond motifs is 1. The van der Waals surface area contributed by atoms with Crippen LogP contribution in [0.2, 0.25) is 0 Å². The molecule has 28 heavy (non-hydrogen) atoms. The molecule has 6 heteroatoms. The molecule has 4 rings (SSSR count). The second-order valence-corrected chi connectivity index (χ2v) is 7.73. The van der Waals surface area contributed by atoms with Crippen molar-refractivity contribution < 1.29 is 4.79 Å². The van der Waals surface area contributed by atoms with Crippen molar-refractivity contribution in [2.45, 2.75) is 19.9 Å². The Morgan fingerprint density at radius 2 is 1.75 bits per heavy atom. The number of carbonyl (C=O) groups is 1. The monoisotopic (exact) mass is 389 g/mol. The first-order valence-corrected chi connectivity index (χ1v) is 9.82. The molecule has 5 nitrogen and oxygen atoms in total. The lowest BCUT2D eigenvalue weighted by molar-refractivity contribution is -0.120. The molecule has 0 aliphatic heterocycles. The Bertz CT molecular complexity index is 1180. The van der Waals surface area contributed by atoms with E-state index in [2.05, 4.69) is 15.3 Å². The zero-order valence-electron chi connectivity index (χ0n) is 15.4. The number of aryl methyl sites for hydroxylation is 1. The van der Waals surface area contributed by atoms with Gasteiger partial charge in [-0.15, -0.1) is 11.3 Å². The van der Waals surface area contributed by atoms with Crippen LogP contribution < -0.4 is 10.9 Å². The third-order valence-corrected chi connectivity index (χ3v) is 5.51. The van der Waals surface area contributed by atoms with Gasteiger partial charge in [-0.05, 0) is 18.1 Å². The summed E-state index contributed by atoms with van der Waals surface area (Å²) < 4.78 is 0. The number of hydrogen-bond acceptors (Lipinski definition) is 4. The zero-order valence-corrected chi connectivity index (χ0v) is 16.2. The molecular weight excluding hydrogens is 370 g/mol. The highest BCUT2D eigenvalue weighted by atomic mass is 32.1. The quantitative estimate of drug-likeness (QED) is 0.545. The third kappa shape index (κ3) is 3.73. The van der Waals surface area contributed by atoms with Gasteiger partial charge in [0.25, 0.3) is 5.56 Å². The van der Waals surface area contributed by atoms with Crippen LogP contribution in [0.15, 0.2) is 65.5 Å². The number of amides is 1. The Labute approximate surface area is 166 Å².